The summed E-state index contributed by atoms with van der Waals surface area (Å²) < 4.78 is 0. The lowest BCUT2D eigenvalue weighted by molar-refractivity contribution is 0.805. The van der Waals surface area contributed by atoms with Gasteiger partial charge in [-0.3, -0.25) is 4.98 Å². The van der Waals surface area contributed by atoms with Gasteiger partial charge in [-0.2, -0.15) is 0 Å². The number of allylic oxidation sites excluding steroid dienone is 4. The predicted octanol–water partition coefficient (Wildman–Crippen LogP) is 12.3. The van der Waals surface area contributed by atoms with Crippen molar-refractivity contribution in [1.29, 1.82) is 0 Å². The van der Waals surface area contributed by atoms with E-state index in [0.717, 1.165) is 46.7 Å². The van der Waals surface area contributed by atoms with E-state index in [2.05, 4.69) is 150 Å². The monoisotopic (exact) mass is 665 g/mol. The molecule has 2 aliphatic carbocycles. The Bertz CT molecular complexity index is 2650. The van der Waals surface area contributed by atoms with E-state index >= 15 is 0 Å². The Balaban J connectivity index is 1.01. The number of aromatic amines is 1. The summed E-state index contributed by atoms with van der Waals surface area (Å²) in [6, 6.07) is 54.5. The van der Waals surface area contributed by atoms with Crippen LogP contribution in [0.3, 0.4) is 0 Å². The summed E-state index contributed by atoms with van der Waals surface area (Å²) in [5, 5.41) is 2.66. The van der Waals surface area contributed by atoms with Crippen LogP contribution in [-0.4, -0.2) is 15.0 Å². The lowest BCUT2D eigenvalue weighted by Crippen LogP contribution is -2.04. The summed E-state index contributed by atoms with van der Waals surface area (Å²) in [6.07, 6.45) is 10.6. The molecular weight excluding hydrogens is 631 g/mol. The predicted molar refractivity (Wildman–Crippen MR) is 215 cm³/mol. The van der Waals surface area contributed by atoms with Gasteiger partial charge in [-0.1, -0.05) is 127 Å². The van der Waals surface area contributed by atoms with E-state index in [0.29, 0.717) is 5.92 Å². The van der Waals surface area contributed by atoms with E-state index in [1.54, 1.807) is 5.57 Å². The van der Waals surface area contributed by atoms with Gasteiger partial charge in [-0.05, 0) is 122 Å². The van der Waals surface area contributed by atoms with Gasteiger partial charge >= 0.3 is 0 Å². The normalized spacial score (nSPS) is 14.8. The summed E-state index contributed by atoms with van der Waals surface area (Å²) in [5.74, 6) is 0.353. The van der Waals surface area contributed by atoms with E-state index in [9.17, 15) is 0 Å². The quantitative estimate of drug-likeness (QED) is 0.192. The van der Waals surface area contributed by atoms with Gasteiger partial charge in [-0.25, -0.2) is 4.98 Å². The summed E-state index contributed by atoms with van der Waals surface area (Å²) in [6.45, 7) is 0. The van der Waals surface area contributed by atoms with Crippen LogP contribution in [0.2, 0.25) is 0 Å². The molecule has 246 valence electrons. The van der Waals surface area contributed by atoms with Crippen LogP contribution in [0.5, 0.6) is 0 Å². The maximum Gasteiger partial charge on any atom is 0.0900 e. The molecule has 10 rings (SSSR count). The minimum absolute atomic E-state index is 0.353. The molecule has 0 bridgehead atoms. The number of pyridine rings is 2. The number of nitrogens with one attached hydrogen (secondary N) is 1. The molecule has 0 saturated heterocycles. The molecule has 0 radical (unpaired) electrons. The zero-order valence-electron chi connectivity index (χ0n) is 28.6. The van der Waals surface area contributed by atoms with Gasteiger partial charge in [0.25, 0.3) is 0 Å². The first kappa shape index (κ1) is 30.3. The number of H-pyrrole nitrogens is 1. The van der Waals surface area contributed by atoms with Crippen LogP contribution >= 0.6 is 0 Å². The van der Waals surface area contributed by atoms with Crippen molar-refractivity contribution in [1.82, 2.24) is 15.0 Å². The number of rotatable bonds is 6. The van der Waals surface area contributed by atoms with Gasteiger partial charge in [0.2, 0.25) is 0 Å². The molecule has 0 spiro atoms. The van der Waals surface area contributed by atoms with Crippen molar-refractivity contribution < 1.29 is 0 Å². The van der Waals surface area contributed by atoms with Crippen LogP contribution in [0.1, 0.15) is 29.0 Å². The van der Waals surface area contributed by atoms with Crippen molar-refractivity contribution in [2.45, 2.75) is 18.8 Å². The fraction of sp³-hybridized carbons (Fsp3) is 0.0612. The van der Waals surface area contributed by atoms with Crippen LogP contribution in [0, 0.1) is 0 Å². The van der Waals surface area contributed by atoms with E-state index in [4.69, 9.17) is 4.98 Å². The van der Waals surface area contributed by atoms with Gasteiger partial charge < -0.3 is 4.98 Å². The molecular formula is C49H35N3. The number of hydrogen-bond acceptors (Lipinski definition) is 2. The first-order chi connectivity index (χ1) is 25.8. The molecule has 1 atom stereocenters. The molecule has 0 aliphatic heterocycles. The maximum absolute atomic E-state index is 4.97. The number of nitrogens with zero attached hydrogens (tertiary/aromatic N) is 2. The van der Waals surface area contributed by atoms with Crippen molar-refractivity contribution in [3.63, 3.8) is 0 Å². The van der Waals surface area contributed by atoms with Gasteiger partial charge in [-0.15, -0.1) is 0 Å². The third-order valence-corrected chi connectivity index (χ3v) is 10.8. The fourth-order valence-electron chi connectivity index (χ4n) is 8.27. The molecule has 3 heteroatoms. The largest absolute Gasteiger partial charge is 0.360 e. The molecule has 3 aromatic heterocycles. The van der Waals surface area contributed by atoms with Crippen LogP contribution in [0.25, 0.3) is 72.5 Å². The first-order valence-electron chi connectivity index (χ1n) is 18.0. The Morgan fingerprint density at radius 2 is 1.29 bits per heavy atom. The molecule has 3 nitrogen and oxygen atoms in total. The Labute approximate surface area is 303 Å². The topological polar surface area (TPSA) is 41.6 Å². The van der Waals surface area contributed by atoms with E-state index in [-0.39, 0.29) is 0 Å². The number of benzene rings is 5. The van der Waals surface area contributed by atoms with Crippen LogP contribution in [-0.2, 0) is 6.42 Å². The number of hydrogen-bond donors (Lipinski definition) is 1. The minimum Gasteiger partial charge on any atom is -0.360 e. The van der Waals surface area contributed by atoms with Crippen molar-refractivity contribution in [2.75, 3.05) is 0 Å². The van der Waals surface area contributed by atoms with E-state index in [1.165, 1.54) is 55.3 Å². The lowest BCUT2D eigenvalue weighted by atomic mass is 9.82. The first-order valence-corrected chi connectivity index (χ1v) is 18.0. The van der Waals surface area contributed by atoms with Crippen molar-refractivity contribution in [2.24, 2.45) is 0 Å². The SMILES string of the molecule is C1=CC(c2ccccc2-c2ccccc2)CC2=C1c1cc(-c3ccc(-c4cc(-c5ccccn5)nc(-c5ccc[nH]5)c4)cc3)c3ccccc3c1C2. The van der Waals surface area contributed by atoms with Crippen molar-refractivity contribution in [3.8, 4) is 56.2 Å². The van der Waals surface area contributed by atoms with Crippen molar-refractivity contribution in [3.05, 3.63) is 198 Å². The molecule has 0 fully saturated rings. The second kappa shape index (κ2) is 12.6. The average molecular weight is 666 g/mol. The summed E-state index contributed by atoms with van der Waals surface area (Å²) in [4.78, 5) is 12.9. The second-order valence-electron chi connectivity index (χ2n) is 13.8. The Morgan fingerprint density at radius 1 is 0.538 bits per heavy atom. The van der Waals surface area contributed by atoms with Gasteiger partial charge in [0.15, 0.2) is 0 Å². The van der Waals surface area contributed by atoms with Crippen LogP contribution in [0.4, 0.5) is 0 Å². The summed E-state index contributed by atoms with van der Waals surface area (Å²) >= 11 is 0. The van der Waals surface area contributed by atoms with Gasteiger partial charge in [0.1, 0.15) is 0 Å². The second-order valence-corrected chi connectivity index (χ2v) is 13.8. The van der Waals surface area contributed by atoms with Crippen LogP contribution in [0.15, 0.2) is 182 Å². The molecule has 3 heterocycles. The van der Waals surface area contributed by atoms with Gasteiger partial charge in [0.05, 0.1) is 22.8 Å². The molecule has 0 amide bonds. The van der Waals surface area contributed by atoms with Gasteiger partial charge in [0, 0.05) is 18.3 Å². The third-order valence-electron chi connectivity index (χ3n) is 10.8. The maximum atomic E-state index is 4.97. The lowest BCUT2D eigenvalue weighted by Gasteiger charge is -2.22. The zero-order chi connectivity index (χ0) is 34.4. The average Bonchev–Trinajstić information content (AvgIpc) is 3.90. The number of fused-ring (bicyclic) bond motifs is 4. The molecule has 0 saturated carbocycles. The summed E-state index contributed by atoms with van der Waals surface area (Å²) in [7, 11) is 0. The minimum atomic E-state index is 0.353. The Kier molecular flexibility index (Phi) is 7.35. The molecule has 2 aliphatic rings. The molecule has 52 heavy (non-hydrogen) atoms. The Morgan fingerprint density at radius 3 is 2.12 bits per heavy atom. The standard InChI is InChI=1S/C49H35N3/c1-2-11-33(12-3-1)38-13-4-5-14-39(38)35-23-24-40-37(27-35)28-44-42-16-7-6-15-41(42)43(31-45(40)44)34-21-19-32(20-22-34)36-29-48(46-17-8-9-25-50-46)52-49(30-36)47-18-10-26-51-47/h1-26,29-31,35,51H,27-28H2. The fourth-order valence-corrected chi connectivity index (χ4v) is 8.27. The van der Waals surface area contributed by atoms with E-state index < -0.39 is 0 Å². The van der Waals surface area contributed by atoms with Crippen LogP contribution < -0.4 is 0 Å². The highest BCUT2D eigenvalue weighted by atomic mass is 14.8. The zero-order valence-corrected chi connectivity index (χ0v) is 28.6. The molecule has 1 N–H and O–H groups in total. The highest BCUT2D eigenvalue weighted by molar-refractivity contribution is 6.04. The van der Waals surface area contributed by atoms with Crippen molar-refractivity contribution >= 4 is 16.3 Å². The third kappa shape index (κ3) is 5.30. The number of aromatic nitrogens is 3. The van der Waals surface area contributed by atoms with E-state index in [1.807, 2.05) is 36.7 Å². The highest BCUT2D eigenvalue weighted by Gasteiger charge is 2.29. The Hall–Kier alpha value is -6.58. The molecule has 1 unspecified atom stereocenters. The smallest absolute Gasteiger partial charge is 0.0900 e. The molecule has 5 aromatic carbocycles. The summed E-state index contributed by atoms with van der Waals surface area (Å²) in [5.41, 5.74) is 18.1. The highest BCUT2D eigenvalue weighted by Crippen LogP contribution is 2.48. The molecule has 8 aromatic rings.